The minimum absolute atomic E-state index is 0.0123. The van der Waals surface area contributed by atoms with Gasteiger partial charge in [-0.15, -0.1) is 5.10 Å². The van der Waals surface area contributed by atoms with Gasteiger partial charge in [0.2, 0.25) is 11.8 Å². The fourth-order valence-corrected chi connectivity index (χ4v) is 7.08. The molecule has 0 radical (unpaired) electrons. The highest BCUT2D eigenvalue weighted by Gasteiger charge is 2.52. The Morgan fingerprint density at radius 3 is 2.46 bits per heavy atom. The van der Waals surface area contributed by atoms with Gasteiger partial charge in [0, 0.05) is 51.0 Å². The number of likely N-dealkylation sites (tertiary alicyclic amines) is 1. The second-order valence-electron chi connectivity index (χ2n) is 13.6. The summed E-state index contributed by atoms with van der Waals surface area (Å²) in [5.74, 6) is 1.16. The molecule has 2 aromatic rings. The quantitative estimate of drug-likeness (QED) is 0.484. The monoisotopic (exact) mass is 565 g/mol. The van der Waals surface area contributed by atoms with Crippen molar-refractivity contribution >= 4 is 12.0 Å². The summed E-state index contributed by atoms with van der Waals surface area (Å²) in [6, 6.07) is 8.82. The van der Waals surface area contributed by atoms with Gasteiger partial charge >= 0.3 is 6.09 Å². The summed E-state index contributed by atoms with van der Waals surface area (Å²) >= 11 is 0. The number of hydrogen-bond acceptors (Lipinski definition) is 6. The fraction of sp³-hybridized carbons (Fsp3) is 0.656. The van der Waals surface area contributed by atoms with Gasteiger partial charge in [0.1, 0.15) is 5.60 Å². The third kappa shape index (κ3) is 6.25. The Balaban J connectivity index is 1.32. The molecule has 1 spiro atoms. The van der Waals surface area contributed by atoms with Crippen LogP contribution in [-0.4, -0.2) is 81.4 Å². The van der Waals surface area contributed by atoms with E-state index >= 15 is 0 Å². The van der Waals surface area contributed by atoms with Crippen molar-refractivity contribution in [2.75, 3.05) is 33.3 Å². The van der Waals surface area contributed by atoms with Crippen LogP contribution in [0.2, 0.25) is 0 Å². The molecule has 3 heterocycles. The molecule has 0 bridgehead atoms. The first-order valence-electron chi connectivity index (χ1n) is 15.0. The Morgan fingerprint density at radius 1 is 1.15 bits per heavy atom. The standard InChI is InChI=1S/C32H47N5O4/c1-22(2)25-10-8-9-11-26(25)27-20-35(19-23-18-34(6)33-29(23)40-7)21-28(38)37(27)24-16-32(17-24)12-14-36(15-13-32)30(39)41-31(3,4)5/h8-11,18,22,24,27H,12-17,19-21H2,1-7H3. The molecule has 3 aliphatic rings. The molecule has 2 aliphatic heterocycles. The first-order valence-corrected chi connectivity index (χ1v) is 15.0. The summed E-state index contributed by atoms with van der Waals surface area (Å²) in [5, 5.41) is 4.42. The van der Waals surface area contributed by atoms with E-state index in [2.05, 4.69) is 53.0 Å². The smallest absolute Gasteiger partial charge is 0.410 e. The summed E-state index contributed by atoms with van der Waals surface area (Å²) in [6.07, 6.45) is 5.68. The number of methoxy groups -OCH3 is 1. The minimum atomic E-state index is -0.486. The molecule has 2 amide bonds. The van der Waals surface area contributed by atoms with Crippen molar-refractivity contribution < 1.29 is 19.1 Å². The Bertz CT molecular complexity index is 1250. The van der Waals surface area contributed by atoms with Crippen LogP contribution in [0, 0.1) is 5.41 Å². The first kappa shape index (κ1) is 29.4. The van der Waals surface area contributed by atoms with E-state index in [1.807, 2.05) is 38.9 Å². The van der Waals surface area contributed by atoms with Crippen molar-refractivity contribution in [1.29, 1.82) is 0 Å². The highest BCUT2D eigenvalue weighted by molar-refractivity contribution is 5.80. The largest absolute Gasteiger partial charge is 0.480 e. The van der Waals surface area contributed by atoms with Crippen LogP contribution in [0.1, 0.15) is 89.0 Å². The van der Waals surface area contributed by atoms with Crippen molar-refractivity contribution in [3.8, 4) is 5.88 Å². The molecule has 41 heavy (non-hydrogen) atoms. The lowest BCUT2D eigenvalue weighted by Gasteiger charge is -2.58. The van der Waals surface area contributed by atoms with Crippen molar-refractivity contribution in [3.63, 3.8) is 0 Å². The Morgan fingerprint density at radius 2 is 1.83 bits per heavy atom. The van der Waals surface area contributed by atoms with E-state index in [0.29, 0.717) is 24.9 Å². The summed E-state index contributed by atoms with van der Waals surface area (Å²) in [5.41, 5.74) is 3.26. The third-order valence-electron chi connectivity index (χ3n) is 9.05. The molecule has 9 nitrogen and oxygen atoms in total. The van der Waals surface area contributed by atoms with Gasteiger partial charge in [-0.3, -0.25) is 14.4 Å². The number of carbonyl (C=O) groups is 2. The Kier molecular flexibility index (Phi) is 8.12. The molecule has 1 unspecified atom stereocenters. The molecule has 1 saturated carbocycles. The summed E-state index contributed by atoms with van der Waals surface area (Å²) < 4.78 is 12.9. The maximum Gasteiger partial charge on any atom is 0.410 e. The number of hydrogen-bond donors (Lipinski definition) is 0. The molecule has 2 saturated heterocycles. The molecule has 1 atom stereocenters. The lowest BCUT2D eigenvalue weighted by molar-refractivity contribution is -0.153. The normalized spacial score (nSPS) is 21.9. The number of carbonyl (C=O) groups excluding carboxylic acids is 2. The van der Waals surface area contributed by atoms with E-state index in [-0.39, 0.29) is 29.5 Å². The summed E-state index contributed by atoms with van der Waals surface area (Å²) in [6.45, 7) is 13.4. The number of aryl methyl sites for hydroxylation is 1. The van der Waals surface area contributed by atoms with E-state index in [9.17, 15) is 9.59 Å². The van der Waals surface area contributed by atoms with Crippen LogP contribution >= 0.6 is 0 Å². The van der Waals surface area contributed by atoms with E-state index < -0.39 is 5.60 Å². The van der Waals surface area contributed by atoms with Crippen molar-refractivity contribution in [3.05, 3.63) is 47.2 Å². The van der Waals surface area contributed by atoms with Crippen LogP contribution in [0.5, 0.6) is 5.88 Å². The van der Waals surface area contributed by atoms with Crippen molar-refractivity contribution in [2.24, 2.45) is 12.5 Å². The molecule has 9 heteroatoms. The van der Waals surface area contributed by atoms with E-state index in [4.69, 9.17) is 9.47 Å². The number of aromatic nitrogens is 2. The molecular formula is C32H47N5O4. The van der Waals surface area contributed by atoms with Crippen LogP contribution in [0.3, 0.4) is 0 Å². The van der Waals surface area contributed by atoms with Gasteiger partial charge in [0.15, 0.2) is 0 Å². The zero-order chi connectivity index (χ0) is 29.5. The lowest BCUT2D eigenvalue weighted by atomic mass is 9.59. The van der Waals surface area contributed by atoms with E-state index in [1.165, 1.54) is 11.1 Å². The second kappa shape index (κ2) is 11.3. The molecule has 224 valence electrons. The van der Waals surface area contributed by atoms with Gasteiger partial charge in [-0.05, 0) is 68.9 Å². The number of rotatable bonds is 6. The number of piperidine rings is 1. The van der Waals surface area contributed by atoms with Gasteiger partial charge < -0.3 is 19.3 Å². The van der Waals surface area contributed by atoms with E-state index in [0.717, 1.165) is 50.9 Å². The SMILES string of the molecule is COc1nn(C)cc1CN1CC(=O)N(C2CC3(CCN(C(=O)OC(C)(C)C)CC3)C2)C(c2ccccc2C(C)C)C1. The molecule has 1 aromatic heterocycles. The van der Waals surface area contributed by atoms with Gasteiger partial charge in [-0.25, -0.2) is 4.79 Å². The topological polar surface area (TPSA) is 80.1 Å². The predicted molar refractivity (Wildman–Crippen MR) is 158 cm³/mol. The second-order valence-corrected chi connectivity index (χ2v) is 13.6. The maximum absolute atomic E-state index is 14.0. The number of ether oxygens (including phenoxy) is 2. The van der Waals surface area contributed by atoms with Crippen LogP contribution in [-0.2, 0) is 23.1 Å². The number of amides is 2. The minimum Gasteiger partial charge on any atom is -0.480 e. The molecule has 5 rings (SSSR count). The highest BCUT2D eigenvalue weighted by atomic mass is 16.6. The number of piperazine rings is 1. The third-order valence-corrected chi connectivity index (χ3v) is 9.05. The van der Waals surface area contributed by atoms with E-state index in [1.54, 1.807) is 11.8 Å². The predicted octanol–water partition coefficient (Wildman–Crippen LogP) is 5.12. The average Bonchev–Trinajstić information content (AvgIpc) is 3.25. The van der Waals surface area contributed by atoms with Gasteiger partial charge in [0.05, 0.1) is 19.7 Å². The number of benzene rings is 1. The van der Waals surface area contributed by atoms with Crippen molar-refractivity contribution in [2.45, 2.75) is 90.4 Å². The molecule has 1 aliphatic carbocycles. The van der Waals surface area contributed by atoms with Gasteiger partial charge in [-0.2, -0.15) is 0 Å². The first-order chi connectivity index (χ1) is 19.4. The number of nitrogens with zero attached hydrogens (tertiary/aromatic N) is 5. The maximum atomic E-state index is 14.0. The molecular weight excluding hydrogens is 518 g/mol. The lowest BCUT2D eigenvalue weighted by Crippen LogP contribution is -2.62. The molecule has 1 aromatic carbocycles. The summed E-state index contributed by atoms with van der Waals surface area (Å²) in [7, 11) is 3.53. The fourth-order valence-electron chi connectivity index (χ4n) is 7.08. The van der Waals surface area contributed by atoms with Crippen LogP contribution < -0.4 is 4.74 Å². The summed E-state index contributed by atoms with van der Waals surface area (Å²) in [4.78, 5) is 32.9. The molecule has 0 N–H and O–H groups in total. The average molecular weight is 566 g/mol. The highest BCUT2D eigenvalue weighted by Crippen LogP contribution is 2.53. The Hall–Kier alpha value is -3.07. The van der Waals surface area contributed by atoms with Crippen LogP contribution in [0.4, 0.5) is 4.79 Å². The zero-order valence-corrected chi connectivity index (χ0v) is 25.9. The van der Waals surface area contributed by atoms with Crippen LogP contribution in [0.15, 0.2) is 30.5 Å². The van der Waals surface area contributed by atoms with Crippen LogP contribution in [0.25, 0.3) is 0 Å². The zero-order valence-electron chi connectivity index (χ0n) is 25.9. The molecule has 3 fully saturated rings. The van der Waals surface area contributed by atoms with Crippen molar-refractivity contribution in [1.82, 2.24) is 24.5 Å². The Labute approximate surface area is 244 Å². The van der Waals surface area contributed by atoms with Gasteiger partial charge in [0.25, 0.3) is 0 Å². The van der Waals surface area contributed by atoms with Gasteiger partial charge in [-0.1, -0.05) is 38.1 Å².